The van der Waals surface area contributed by atoms with E-state index in [0.717, 1.165) is 0 Å². The van der Waals surface area contributed by atoms with E-state index in [4.69, 9.17) is 0 Å². The lowest BCUT2D eigenvalue weighted by atomic mass is 10.3. The van der Waals surface area contributed by atoms with Gasteiger partial charge >= 0.3 is 5.69 Å². The van der Waals surface area contributed by atoms with Crippen molar-refractivity contribution in [1.82, 2.24) is 14.7 Å². The van der Waals surface area contributed by atoms with Gasteiger partial charge in [-0.25, -0.2) is 0 Å². The van der Waals surface area contributed by atoms with Crippen LogP contribution in [0.4, 0.5) is 5.69 Å². The molecule has 1 rings (SSSR count). The van der Waals surface area contributed by atoms with Crippen molar-refractivity contribution in [2.75, 3.05) is 13.6 Å². The van der Waals surface area contributed by atoms with Gasteiger partial charge in [0.15, 0.2) is 0 Å². The molecule has 1 N–H and O–H groups in total. The third kappa shape index (κ3) is 3.77. The number of amides is 1. The Balaban J connectivity index is 2.76. The predicted molar refractivity (Wildman–Crippen MR) is 72.3 cm³/mol. The van der Waals surface area contributed by atoms with Crippen LogP contribution in [0.1, 0.15) is 24.7 Å². The Kier molecular flexibility index (Phi) is 5.20. The number of aliphatic hydroxyl groups excluding tert-OH is 1. The maximum Gasteiger partial charge on any atom is 0.312 e. The van der Waals surface area contributed by atoms with Crippen molar-refractivity contribution in [2.24, 2.45) is 0 Å². The number of hydrogen-bond donors (Lipinski definition) is 1. The van der Waals surface area contributed by atoms with Crippen LogP contribution in [0.15, 0.2) is 0 Å². The lowest BCUT2D eigenvalue weighted by molar-refractivity contribution is -0.386. The quantitative estimate of drug-likeness (QED) is 0.610. The zero-order chi connectivity index (χ0) is 15.4. The number of carbonyl (C=O) groups is 1. The number of aliphatic hydroxyl groups is 1. The largest absolute Gasteiger partial charge is 0.393 e. The molecule has 112 valence electrons. The van der Waals surface area contributed by atoms with Gasteiger partial charge in [0.25, 0.3) is 0 Å². The van der Waals surface area contributed by atoms with Crippen LogP contribution in [0.25, 0.3) is 0 Å². The molecule has 0 bridgehead atoms. The van der Waals surface area contributed by atoms with E-state index in [0.29, 0.717) is 24.4 Å². The molecular formula is C12H20N4O4. The van der Waals surface area contributed by atoms with Gasteiger partial charge < -0.3 is 10.0 Å². The molecule has 8 heteroatoms. The van der Waals surface area contributed by atoms with Gasteiger partial charge in [0, 0.05) is 13.6 Å². The third-order valence-corrected chi connectivity index (χ3v) is 3.12. The SMILES string of the molecule is Cc1nn(CC(=O)N(C)CCC(C)O)c(C)c1[N+](=O)[O-]. The summed E-state index contributed by atoms with van der Waals surface area (Å²) in [6.45, 7) is 5.15. The molecule has 0 aliphatic rings. The molecule has 0 aromatic carbocycles. The maximum atomic E-state index is 12.0. The van der Waals surface area contributed by atoms with Crippen LogP contribution >= 0.6 is 0 Å². The van der Waals surface area contributed by atoms with Crippen molar-refractivity contribution in [2.45, 2.75) is 39.8 Å². The Hall–Kier alpha value is -1.96. The van der Waals surface area contributed by atoms with Gasteiger partial charge in [-0.3, -0.25) is 19.6 Å². The first-order chi connectivity index (χ1) is 9.23. The van der Waals surface area contributed by atoms with E-state index < -0.39 is 11.0 Å². The van der Waals surface area contributed by atoms with Gasteiger partial charge in [-0.2, -0.15) is 5.10 Å². The van der Waals surface area contributed by atoms with Gasteiger partial charge in [0.2, 0.25) is 5.91 Å². The van der Waals surface area contributed by atoms with Crippen LogP contribution in [-0.4, -0.2) is 50.3 Å². The molecule has 0 aliphatic heterocycles. The van der Waals surface area contributed by atoms with Gasteiger partial charge in [0.1, 0.15) is 17.9 Å². The Morgan fingerprint density at radius 1 is 1.55 bits per heavy atom. The van der Waals surface area contributed by atoms with Gasteiger partial charge in [-0.1, -0.05) is 0 Å². The monoisotopic (exact) mass is 284 g/mol. The Labute approximate surface area is 117 Å². The molecule has 0 saturated heterocycles. The molecule has 1 aromatic heterocycles. The topological polar surface area (TPSA) is 102 Å². The first-order valence-electron chi connectivity index (χ1n) is 6.34. The van der Waals surface area contributed by atoms with Crippen LogP contribution < -0.4 is 0 Å². The summed E-state index contributed by atoms with van der Waals surface area (Å²) in [6.07, 6.45) is 0.0134. The molecule has 0 fully saturated rings. The predicted octanol–water partition coefficient (Wildman–Crippen LogP) is 0.637. The second-order valence-corrected chi connectivity index (χ2v) is 4.89. The number of aryl methyl sites for hydroxylation is 1. The van der Waals surface area contributed by atoms with Crippen molar-refractivity contribution < 1.29 is 14.8 Å². The summed E-state index contributed by atoms with van der Waals surface area (Å²) < 4.78 is 1.34. The number of likely N-dealkylation sites (N-methyl/N-ethyl adjacent to an activating group) is 1. The number of aromatic nitrogens is 2. The molecule has 20 heavy (non-hydrogen) atoms. The highest BCUT2D eigenvalue weighted by Crippen LogP contribution is 2.21. The lowest BCUT2D eigenvalue weighted by Gasteiger charge is -2.18. The van der Waals surface area contributed by atoms with E-state index in [9.17, 15) is 20.0 Å². The first kappa shape index (κ1) is 16.1. The minimum atomic E-state index is -0.490. The summed E-state index contributed by atoms with van der Waals surface area (Å²) in [6, 6.07) is 0. The molecule has 8 nitrogen and oxygen atoms in total. The average Bonchev–Trinajstić information content (AvgIpc) is 2.61. The van der Waals surface area contributed by atoms with Crippen LogP contribution in [-0.2, 0) is 11.3 Å². The number of nitrogens with zero attached hydrogens (tertiary/aromatic N) is 4. The highest BCUT2D eigenvalue weighted by Gasteiger charge is 2.23. The van der Waals surface area contributed by atoms with Gasteiger partial charge in [-0.05, 0) is 27.2 Å². The Morgan fingerprint density at radius 3 is 2.60 bits per heavy atom. The Bertz CT molecular complexity index is 510. The maximum absolute atomic E-state index is 12.0. The van der Waals surface area contributed by atoms with Crippen LogP contribution in [0.3, 0.4) is 0 Å². The first-order valence-corrected chi connectivity index (χ1v) is 6.34. The summed E-state index contributed by atoms with van der Waals surface area (Å²) in [5.74, 6) is -0.203. The molecule has 0 radical (unpaired) electrons. The van der Waals surface area contributed by atoms with Crippen molar-refractivity contribution in [3.8, 4) is 0 Å². The van der Waals surface area contributed by atoms with Gasteiger partial charge in [0.05, 0.1) is 11.0 Å². The fraction of sp³-hybridized carbons (Fsp3) is 0.667. The minimum absolute atomic E-state index is 0.0448. The third-order valence-electron chi connectivity index (χ3n) is 3.12. The normalized spacial score (nSPS) is 12.2. The molecule has 1 aromatic rings. The molecule has 1 amide bonds. The molecule has 1 heterocycles. The highest BCUT2D eigenvalue weighted by atomic mass is 16.6. The fourth-order valence-electron chi connectivity index (χ4n) is 1.86. The van der Waals surface area contributed by atoms with Crippen LogP contribution in [0.5, 0.6) is 0 Å². The summed E-state index contributed by atoms with van der Waals surface area (Å²) in [5, 5.41) is 24.1. The molecule has 1 unspecified atom stereocenters. The second-order valence-electron chi connectivity index (χ2n) is 4.89. The van der Waals surface area contributed by atoms with E-state index in [1.807, 2.05) is 0 Å². The van der Waals surface area contributed by atoms with Crippen LogP contribution in [0.2, 0.25) is 0 Å². The van der Waals surface area contributed by atoms with E-state index in [1.54, 1.807) is 27.8 Å². The van der Waals surface area contributed by atoms with Gasteiger partial charge in [-0.15, -0.1) is 0 Å². The number of carbonyl (C=O) groups excluding carboxylic acids is 1. The molecule has 1 atom stereocenters. The smallest absolute Gasteiger partial charge is 0.312 e. The highest BCUT2D eigenvalue weighted by molar-refractivity contribution is 5.75. The molecule has 0 aliphatic carbocycles. The summed E-state index contributed by atoms with van der Waals surface area (Å²) in [4.78, 5) is 23.9. The standard InChI is InChI=1S/C12H20N4O4/c1-8(17)5-6-14(4)11(18)7-15-10(3)12(16(19)20)9(2)13-15/h8,17H,5-7H2,1-4H3. The molecule has 0 saturated carbocycles. The van der Waals surface area contributed by atoms with Crippen molar-refractivity contribution >= 4 is 11.6 Å². The van der Waals surface area contributed by atoms with E-state index in [-0.39, 0.29) is 18.1 Å². The Morgan fingerprint density at radius 2 is 2.15 bits per heavy atom. The van der Waals surface area contributed by atoms with E-state index >= 15 is 0 Å². The average molecular weight is 284 g/mol. The minimum Gasteiger partial charge on any atom is -0.393 e. The summed E-state index contributed by atoms with van der Waals surface area (Å²) in [5.41, 5.74) is 0.612. The van der Waals surface area contributed by atoms with Crippen molar-refractivity contribution in [1.29, 1.82) is 0 Å². The summed E-state index contributed by atoms with van der Waals surface area (Å²) in [7, 11) is 1.63. The molecule has 0 spiro atoms. The van der Waals surface area contributed by atoms with E-state index in [2.05, 4.69) is 5.10 Å². The van der Waals surface area contributed by atoms with E-state index in [1.165, 1.54) is 9.58 Å². The zero-order valence-electron chi connectivity index (χ0n) is 12.2. The lowest BCUT2D eigenvalue weighted by Crippen LogP contribution is -2.32. The number of hydrogen-bond acceptors (Lipinski definition) is 5. The second kappa shape index (κ2) is 6.47. The van der Waals surface area contributed by atoms with Crippen molar-refractivity contribution in [3.05, 3.63) is 21.5 Å². The number of nitro groups is 1. The molecular weight excluding hydrogens is 264 g/mol. The summed E-state index contributed by atoms with van der Waals surface area (Å²) >= 11 is 0. The van der Waals surface area contributed by atoms with Crippen LogP contribution in [0, 0.1) is 24.0 Å². The number of rotatable bonds is 6. The van der Waals surface area contributed by atoms with Crippen molar-refractivity contribution in [3.63, 3.8) is 0 Å². The zero-order valence-corrected chi connectivity index (χ0v) is 12.2. The fourth-order valence-corrected chi connectivity index (χ4v) is 1.86.